The number of carbonyl (C=O) groups excluding carboxylic acids is 1. The summed E-state index contributed by atoms with van der Waals surface area (Å²) in [7, 11) is 0. The SMILES string of the molecule is Cc1ccc([C@H]2CC(=O)Oc3cc(O)ccc32)cc1. The van der Waals surface area contributed by atoms with Gasteiger partial charge in [0.2, 0.25) is 0 Å². The van der Waals surface area contributed by atoms with Gasteiger partial charge in [0.1, 0.15) is 11.5 Å². The predicted octanol–water partition coefficient (Wildman–Crippen LogP) is 3.14. The Morgan fingerprint density at radius 3 is 2.63 bits per heavy atom. The van der Waals surface area contributed by atoms with E-state index in [1.54, 1.807) is 6.07 Å². The first-order valence-corrected chi connectivity index (χ1v) is 6.23. The Balaban J connectivity index is 2.08. The standard InChI is InChI=1S/C16H14O3/c1-10-2-4-11(5-3-10)14-9-16(18)19-15-8-12(17)6-7-13(14)15/h2-8,14,17H,9H2,1H3/t14-/m1/s1. The van der Waals surface area contributed by atoms with Gasteiger partial charge in [0.15, 0.2) is 0 Å². The number of fused-ring (bicyclic) bond motifs is 1. The molecule has 0 aromatic heterocycles. The molecule has 1 aliphatic heterocycles. The first-order valence-electron chi connectivity index (χ1n) is 6.23. The predicted molar refractivity (Wildman–Crippen MR) is 71.4 cm³/mol. The maximum Gasteiger partial charge on any atom is 0.312 e. The van der Waals surface area contributed by atoms with Gasteiger partial charge in [0.25, 0.3) is 0 Å². The lowest BCUT2D eigenvalue weighted by Crippen LogP contribution is -2.20. The lowest BCUT2D eigenvalue weighted by atomic mass is 9.86. The van der Waals surface area contributed by atoms with Gasteiger partial charge in [-0.3, -0.25) is 4.79 Å². The summed E-state index contributed by atoms with van der Waals surface area (Å²) in [5, 5.41) is 9.48. The van der Waals surface area contributed by atoms with Crippen LogP contribution in [0.25, 0.3) is 0 Å². The summed E-state index contributed by atoms with van der Waals surface area (Å²) >= 11 is 0. The maximum atomic E-state index is 11.7. The molecule has 96 valence electrons. The molecule has 0 amide bonds. The molecule has 1 N–H and O–H groups in total. The second kappa shape index (κ2) is 4.43. The number of phenols is 1. The number of carbonyl (C=O) groups is 1. The van der Waals surface area contributed by atoms with Gasteiger partial charge in [0, 0.05) is 17.5 Å². The summed E-state index contributed by atoms with van der Waals surface area (Å²) in [6.45, 7) is 2.03. The lowest BCUT2D eigenvalue weighted by molar-refractivity contribution is -0.135. The Morgan fingerprint density at radius 1 is 1.16 bits per heavy atom. The van der Waals surface area contributed by atoms with Crippen LogP contribution in [-0.2, 0) is 4.79 Å². The van der Waals surface area contributed by atoms with E-state index in [9.17, 15) is 9.90 Å². The third-order valence-electron chi connectivity index (χ3n) is 3.45. The van der Waals surface area contributed by atoms with Crippen molar-refractivity contribution in [3.8, 4) is 11.5 Å². The number of benzene rings is 2. The summed E-state index contributed by atoms with van der Waals surface area (Å²) < 4.78 is 5.19. The molecular formula is C16H14O3. The summed E-state index contributed by atoms with van der Waals surface area (Å²) in [6, 6.07) is 13.1. The van der Waals surface area contributed by atoms with Gasteiger partial charge in [-0.1, -0.05) is 35.9 Å². The van der Waals surface area contributed by atoms with Crippen molar-refractivity contribution in [2.45, 2.75) is 19.3 Å². The fourth-order valence-electron chi connectivity index (χ4n) is 2.44. The summed E-state index contributed by atoms with van der Waals surface area (Å²) in [6.07, 6.45) is 0.334. The minimum atomic E-state index is -0.260. The number of aromatic hydroxyl groups is 1. The minimum absolute atomic E-state index is 0.00236. The van der Waals surface area contributed by atoms with Crippen molar-refractivity contribution < 1.29 is 14.6 Å². The zero-order chi connectivity index (χ0) is 13.4. The normalized spacial score (nSPS) is 17.7. The van der Waals surface area contributed by atoms with Gasteiger partial charge in [0.05, 0.1) is 6.42 Å². The van der Waals surface area contributed by atoms with E-state index >= 15 is 0 Å². The van der Waals surface area contributed by atoms with E-state index in [0.717, 1.165) is 11.1 Å². The molecule has 0 aliphatic carbocycles. The van der Waals surface area contributed by atoms with Crippen LogP contribution in [-0.4, -0.2) is 11.1 Å². The molecule has 0 fully saturated rings. The Morgan fingerprint density at radius 2 is 1.89 bits per heavy atom. The Bertz CT molecular complexity index is 629. The van der Waals surface area contributed by atoms with E-state index in [1.165, 1.54) is 11.6 Å². The topological polar surface area (TPSA) is 46.5 Å². The number of ether oxygens (including phenoxy) is 1. The smallest absolute Gasteiger partial charge is 0.312 e. The minimum Gasteiger partial charge on any atom is -0.508 e. The van der Waals surface area contributed by atoms with Crippen LogP contribution in [0.3, 0.4) is 0 Å². The largest absolute Gasteiger partial charge is 0.508 e. The molecular weight excluding hydrogens is 240 g/mol. The molecule has 0 unspecified atom stereocenters. The third kappa shape index (κ3) is 2.19. The summed E-state index contributed by atoms with van der Waals surface area (Å²) in [4.78, 5) is 11.7. The molecule has 1 atom stereocenters. The molecule has 0 spiro atoms. The van der Waals surface area contributed by atoms with Gasteiger partial charge in [-0.2, -0.15) is 0 Å². The Labute approximate surface area is 111 Å². The van der Waals surface area contributed by atoms with Crippen LogP contribution < -0.4 is 4.74 Å². The zero-order valence-electron chi connectivity index (χ0n) is 10.6. The Hall–Kier alpha value is -2.29. The average Bonchev–Trinajstić information content (AvgIpc) is 2.38. The van der Waals surface area contributed by atoms with E-state index in [1.807, 2.05) is 37.3 Å². The highest BCUT2D eigenvalue weighted by Gasteiger charge is 2.28. The quantitative estimate of drug-likeness (QED) is 0.628. The van der Waals surface area contributed by atoms with Crippen molar-refractivity contribution in [2.24, 2.45) is 0 Å². The van der Waals surface area contributed by atoms with Gasteiger partial charge in [-0.15, -0.1) is 0 Å². The van der Waals surface area contributed by atoms with Crippen molar-refractivity contribution in [2.75, 3.05) is 0 Å². The Kier molecular flexibility index (Phi) is 2.75. The van der Waals surface area contributed by atoms with Crippen LogP contribution in [0.15, 0.2) is 42.5 Å². The highest BCUT2D eigenvalue weighted by Crippen LogP contribution is 2.40. The fourth-order valence-corrected chi connectivity index (χ4v) is 2.44. The van der Waals surface area contributed by atoms with Crippen LogP contribution in [0.1, 0.15) is 29.0 Å². The van der Waals surface area contributed by atoms with Crippen molar-refractivity contribution in [3.63, 3.8) is 0 Å². The lowest BCUT2D eigenvalue weighted by Gasteiger charge is -2.25. The van der Waals surface area contributed by atoms with E-state index in [0.29, 0.717) is 12.2 Å². The number of esters is 1. The highest BCUT2D eigenvalue weighted by molar-refractivity contribution is 5.77. The van der Waals surface area contributed by atoms with E-state index in [4.69, 9.17) is 4.74 Å². The van der Waals surface area contributed by atoms with E-state index in [2.05, 4.69) is 0 Å². The molecule has 2 aromatic carbocycles. The molecule has 2 aromatic rings. The molecule has 3 nitrogen and oxygen atoms in total. The van der Waals surface area contributed by atoms with Gasteiger partial charge >= 0.3 is 5.97 Å². The van der Waals surface area contributed by atoms with Gasteiger partial charge < -0.3 is 9.84 Å². The highest BCUT2D eigenvalue weighted by atomic mass is 16.5. The maximum absolute atomic E-state index is 11.7. The first kappa shape index (κ1) is 11.8. The third-order valence-corrected chi connectivity index (χ3v) is 3.45. The summed E-state index contributed by atoms with van der Waals surface area (Å²) in [5.74, 6) is 0.305. The molecule has 0 bridgehead atoms. The molecule has 0 saturated heterocycles. The zero-order valence-corrected chi connectivity index (χ0v) is 10.6. The van der Waals surface area contributed by atoms with Crippen LogP contribution in [0.5, 0.6) is 11.5 Å². The fraction of sp³-hybridized carbons (Fsp3) is 0.188. The number of aryl methyl sites for hydroxylation is 1. The number of rotatable bonds is 1. The molecule has 3 heteroatoms. The second-order valence-electron chi connectivity index (χ2n) is 4.86. The molecule has 1 aliphatic rings. The summed E-state index contributed by atoms with van der Waals surface area (Å²) in [5.41, 5.74) is 3.23. The molecule has 19 heavy (non-hydrogen) atoms. The second-order valence-corrected chi connectivity index (χ2v) is 4.86. The van der Waals surface area contributed by atoms with Crippen molar-refractivity contribution >= 4 is 5.97 Å². The van der Waals surface area contributed by atoms with Crippen molar-refractivity contribution in [3.05, 3.63) is 59.2 Å². The van der Waals surface area contributed by atoms with Crippen LogP contribution in [0.4, 0.5) is 0 Å². The number of phenolic OH excluding ortho intramolecular Hbond substituents is 1. The molecule has 0 saturated carbocycles. The molecule has 0 radical (unpaired) electrons. The van der Waals surface area contributed by atoms with E-state index in [-0.39, 0.29) is 17.6 Å². The molecule has 3 rings (SSSR count). The first-order chi connectivity index (χ1) is 9.13. The van der Waals surface area contributed by atoms with Gasteiger partial charge in [-0.25, -0.2) is 0 Å². The van der Waals surface area contributed by atoms with Crippen molar-refractivity contribution in [1.82, 2.24) is 0 Å². The number of hydrogen-bond acceptors (Lipinski definition) is 3. The van der Waals surface area contributed by atoms with Gasteiger partial charge in [-0.05, 0) is 18.6 Å². The molecule has 1 heterocycles. The number of hydrogen-bond donors (Lipinski definition) is 1. The average molecular weight is 254 g/mol. The van der Waals surface area contributed by atoms with Crippen LogP contribution >= 0.6 is 0 Å². The monoisotopic (exact) mass is 254 g/mol. The van der Waals surface area contributed by atoms with Crippen LogP contribution in [0, 0.1) is 6.92 Å². The van der Waals surface area contributed by atoms with Crippen LogP contribution in [0.2, 0.25) is 0 Å². The van der Waals surface area contributed by atoms with E-state index < -0.39 is 0 Å². The van der Waals surface area contributed by atoms with Crippen molar-refractivity contribution in [1.29, 1.82) is 0 Å².